The summed E-state index contributed by atoms with van der Waals surface area (Å²) >= 11 is 0. The number of hydrogen-bond donors (Lipinski definition) is 1. The molecular formula is C15H19FO2S. The van der Waals surface area contributed by atoms with Crippen molar-refractivity contribution in [3.63, 3.8) is 0 Å². The zero-order valence-electron chi connectivity index (χ0n) is 11.3. The summed E-state index contributed by atoms with van der Waals surface area (Å²) in [6, 6.07) is 2.96. The molecule has 0 amide bonds. The summed E-state index contributed by atoms with van der Waals surface area (Å²) in [6.45, 7) is 3.69. The molecule has 104 valence electrons. The lowest BCUT2D eigenvalue weighted by atomic mass is 9.81. The molecule has 2 heterocycles. The number of aryl methyl sites for hydroxylation is 2. The highest BCUT2D eigenvalue weighted by Crippen LogP contribution is 2.47. The fourth-order valence-electron chi connectivity index (χ4n) is 3.93. The standard InChI is InChI=1S/C15H19FO2S/c1-9-5-11(16)6-10(2)14(9)15(17)7-12-3-4-13(8-15)19(12)18/h5-6,12-13,17H,3-4,7-8H2,1-2H3. The van der Waals surface area contributed by atoms with Crippen molar-refractivity contribution < 1.29 is 13.7 Å². The number of fused-ring (bicyclic) bond motifs is 2. The van der Waals surface area contributed by atoms with Crippen molar-refractivity contribution >= 4 is 10.8 Å². The largest absolute Gasteiger partial charge is 0.385 e. The molecule has 0 aromatic heterocycles. The van der Waals surface area contributed by atoms with Crippen LogP contribution in [-0.2, 0) is 16.4 Å². The molecule has 0 aliphatic carbocycles. The number of halogens is 1. The van der Waals surface area contributed by atoms with Crippen molar-refractivity contribution in [3.8, 4) is 0 Å². The Hall–Kier alpha value is -0.740. The summed E-state index contributed by atoms with van der Waals surface area (Å²) in [5, 5.41) is 11.2. The molecule has 2 atom stereocenters. The summed E-state index contributed by atoms with van der Waals surface area (Å²) in [4.78, 5) is 0. The van der Waals surface area contributed by atoms with Gasteiger partial charge < -0.3 is 5.11 Å². The normalized spacial score (nSPS) is 37.6. The molecule has 4 heteroatoms. The average Bonchev–Trinajstić information content (AvgIpc) is 2.53. The van der Waals surface area contributed by atoms with Crippen LogP contribution in [0.2, 0.25) is 0 Å². The first-order chi connectivity index (χ1) is 8.90. The van der Waals surface area contributed by atoms with Crippen molar-refractivity contribution in [2.75, 3.05) is 0 Å². The molecule has 1 N–H and O–H groups in total. The molecule has 19 heavy (non-hydrogen) atoms. The number of rotatable bonds is 1. The van der Waals surface area contributed by atoms with Gasteiger partial charge in [-0.05, 0) is 68.4 Å². The van der Waals surface area contributed by atoms with Crippen LogP contribution in [-0.4, -0.2) is 19.8 Å². The third kappa shape index (κ3) is 2.05. The maximum absolute atomic E-state index is 13.4. The second kappa shape index (κ2) is 4.38. The van der Waals surface area contributed by atoms with Crippen molar-refractivity contribution in [1.82, 2.24) is 0 Å². The lowest BCUT2D eigenvalue weighted by molar-refractivity contribution is 0.0172. The summed E-state index contributed by atoms with van der Waals surface area (Å²) < 4.78 is 25.5. The van der Waals surface area contributed by atoms with Crippen LogP contribution in [0.1, 0.15) is 42.4 Å². The van der Waals surface area contributed by atoms with Crippen molar-refractivity contribution in [1.29, 1.82) is 0 Å². The van der Waals surface area contributed by atoms with E-state index in [1.54, 1.807) is 0 Å². The first kappa shape index (κ1) is 13.3. The second-order valence-corrected chi connectivity index (χ2v) is 7.99. The van der Waals surface area contributed by atoms with E-state index in [1.807, 2.05) is 13.8 Å². The zero-order chi connectivity index (χ0) is 13.8. The lowest BCUT2D eigenvalue weighted by Crippen LogP contribution is -2.41. The Morgan fingerprint density at radius 1 is 1.21 bits per heavy atom. The van der Waals surface area contributed by atoms with E-state index in [4.69, 9.17) is 0 Å². The minimum Gasteiger partial charge on any atom is -0.385 e. The lowest BCUT2D eigenvalue weighted by Gasteiger charge is -2.38. The number of aliphatic hydroxyl groups is 1. The van der Waals surface area contributed by atoms with Crippen LogP contribution in [0.5, 0.6) is 0 Å². The Bertz CT molecular complexity index is 516. The van der Waals surface area contributed by atoms with Gasteiger partial charge in [-0.2, -0.15) is 0 Å². The third-order valence-corrected chi connectivity index (χ3v) is 6.68. The minimum atomic E-state index is -0.929. The van der Waals surface area contributed by atoms with Crippen LogP contribution in [0.3, 0.4) is 0 Å². The molecule has 1 aromatic carbocycles. The Balaban J connectivity index is 2.05. The van der Waals surface area contributed by atoms with Gasteiger partial charge in [0.1, 0.15) is 5.82 Å². The Labute approximate surface area is 115 Å². The molecule has 2 saturated heterocycles. The van der Waals surface area contributed by atoms with Gasteiger partial charge in [0.25, 0.3) is 0 Å². The molecule has 0 radical (unpaired) electrons. The molecule has 2 unspecified atom stereocenters. The first-order valence-electron chi connectivity index (χ1n) is 6.80. The Morgan fingerprint density at radius 3 is 2.16 bits per heavy atom. The molecule has 2 aliphatic rings. The van der Waals surface area contributed by atoms with Crippen LogP contribution in [0.25, 0.3) is 0 Å². The van der Waals surface area contributed by atoms with Gasteiger partial charge in [-0.15, -0.1) is 0 Å². The third-order valence-electron chi connectivity index (χ3n) is 4.56. The molecule has 1 aromatic rings. The Kier molecular flexibility index (Phi) is 3.06. The van der Waals surface area contributed by atoms with Crippen molar-refractivity contribution in [3.05, 3.63) is 34.6 Å². The fourth-order valence-corrected chi connectivity index (χ4v) is 6.09. The topological polar surface area (TPSA) is 37.3 Å². The van der Waals surface area contributed by atoms with Gasteiger partial charge >= 0.3 is 0 Å². The predicted octanol–water partition coefficient (Wildman–Crippen LogP) is 2.70. The van der Waals surface area contributed by atoms with Gasteiger partial charge in [0.2, 0.25) is 0 Å². The van der Waals surface area contributed by atoms with Crippen LogP contribution < -0.4 is 0 Å². The van der Waals surface area contributed by atoms with E-state index in [1.165, 1.54) is 12.1 Å². The monoisotopic (exact) mass is 282 g/mol. The second-order valence-electron chi connectivity index (χ2n) is 6.00. The van der Waals surface area contributed by atoms with Crippen LogP contribution in [0, 0.1) is 19.7 Å². The van der Waals surface area contributed by atoms with E-state index >= 15 is 0 Å². The van der Waals surface area contributed by atoms with E-state index in [-0.39, 0.29) is 16.3 Å². The Morgan fingerprint density at radius 2 is 1.68 bits per heavy atom. The molecule has 2 nitrogen and oxygen atoms in total. The van der Waals surface area contributed by atoms with Gasteiger partial charge in [0.05, 0.1) is 5.60 Å². The van der Waals surface area contributed by atoms with Gasteiger partial charge in [0.15, 0.2) is 0 Å². The summed E-state index contributed by atoms with van der Waals surface area (Å²) in [6.07, 6.45) is 2.98. The summed E-state index contributed by atoms with van der Waals surface area (Å²) in [5.41, 5.74) is 1.52. The summed E-state index contributed by atoms with van der Waals surface area (Å²) in [5.74, 6) is -0.260. The molecule has 2 fully saturated rings. The molecule has 0 spiro atoms. The SMILES string of the molecule is Cc1cc(F)cc(C)c1C1(O)CC2CCC(C1)S2=O. The van der Waals surface area contributed by atoms with Crippen LogP contribution in [0.4, 0.5) is 4.39 Å². The smallest absolute Gasteiger partial charge is 0.123 e. The maximum atomic E-state index is 13.4. The number of benzene rings is 1. The van der Waals surface area contributed by atoms with E-state index in [2.05, 4.69) is 0 Å². The highest BCUT2D eigenvalue weighted by Gasteiger charge is 2.49. The zero-order valence-corrected chi connectivity index (χ0v) is 12.1. The average molecular weight is 282 g/mol. The molecule has 2 bridgehead atoms. The van der Waals surface area contributed by atoms with Crippen LogP contribution >= 0.6 is 0 Å². The first-order valence-corrected chi connectivity index (χ1v) is 8.07. The van der Waals surface area contributed by atoms with Crippen molar-refractivity contribution in [2.45, 2.75) is 55.6 Å². The molecule has 2 aliphatic heterocycles. The minimum absolute atomic E-state index is 0.104. The quantitative estimate of drug-likeness (QED) is 0.860. The van der Waals surface area contributed by atoms with Gasteiger partial charge in [0, 0.05) is 21.3 Å². The predicted molar refractivity (Wildman–Crippen MR) is 74.0 cm³/mol. The maximum Gasteiger partial charge on any atom is 0.123 e. The fraction of sp³-hybridized carbons (Fsp3) is 0.600. The van der Waals surface area contributed by atoms with Crippen LogP contribution in [0.15, 0.2) is 12.1 Å². The highest BCUT2D eigenvalue weighted by atomic mass is 32.2. The molecular weight excluding hydrogens is 263 g/mol. The van der Waals surface area contributed by atoms with E-state index < -0.39 is 16.4 Å². The van der Waals surface area contributed by atoms with Crippen molar-refractivity contribution in [2.24, 2.45) is 0 Å². The van der Waals surface area contributed by atoms with E-state index in [0.717, 1.165) is 29.5 Å². The van der Waals surface area contributed by atoms with E-state index in [0.29, 0.717) is 12.8 Å². The number of hydrogen-bond acceptors (Lipinski definition) is 2. The summed E-state index contributed by atoms with van der Waals surface area (Å²) in [7, 11) is -0.791. The van der Waals surface area contributed by atoms with E-state index in [9.17, 15) is 13.7 Å². The van der Waals surface area contributed by atoms with Gasteiger partial charge in [-0.3, -0.25) is 4.21 Å². The molecule has 3 rings (SSSR count). The highest BCUT2D eigenvalue weighted by molar-refractivity contribution is 7.86. The van der Waals surface area contributed by atoms with Gasteiger partial charge in [-0.1, -0.05) is 0 Å². The van der Waals surface area contributed by atoms with Gasteiger partial charge in [-0.25, -0.2) is 4.39 Å². The molecule has 0 saturated carbocycles.